The van der Waals surface area contributed by atoms with Gasteiger partial charge in [0, 0.05) is 25.4 Å². The molecule has 0 fully saturated rings. The minimum atomic E-state index is -0.174. The third-order valence-corrected chi connectivity index (χ3v) is 6.24. The predicted octanol–water partition coefficient (Wildman–Crippen LogP) is 4.01. The highest BCUT2D eigenvalue weighted by atomic mass is 79.9. The van der Waals surface area contributed by atoms with Crippen molar-refractivity contribution in [1.82, 2.24) is 9.80 Å². The minimum absolute atomic E-state index is 0.0251. The average Bonchev–Trinajstić information content (AvgIpc) is 2.99. The van der Waals surface area contributed by atoms with Crippen LogP contribution in [0.1, 0.15) is 35.4 Å². The van der Waals surface area contributed by atoms with E-state index < -0.39 is 0 Å². The molecule has 2 heterocycles. The van der Waals surface area contributed by atoms with E-state index in [4.69, 9.17) is 0 Å². The number of carbonyl (C=O) groups excluding carboxylic acids is 2. The molecule has 2 aromatic rings. The standard InChI is InChI=1S/C19H21BrN2O2S/c1-13(23)22-10-9-14-5-3-4-6-16(14)17(22)11-19(24)21(2)12-15-7-8-18(20)25-15/h3-8,17H,9-12H2,1-2H3. The first-order valence-corrected chi connectivity index (χ1v) is 9.90. The van der Waals surface area contributed by atoms with Crippen LogP contribution >= 0.6 is 27.3 Å². The van der Waals surface area contributed by atoms with Gasteiger partial charge in [0.05, 0.1) is 22.8 Å². The molecule has 1 atom stereocenters. The fourth-order valence-electron chi connectivity index (χ4n) is 3.33. The van der Waals surface area contributed by atoms with Crippen molar-refractivity contribution in [3.05, 3.63) is 56.2 Å². The fraction of sp³-hybridized carbons (Fsp3) is 0.368. The van der Waals surface area contributed by atoms with Crippen molar-refractivity contribution in [3.63, 3.8) is 0 Å². The molecule has 0 N–H and O–H groups in total. The number of benzene rings is 1. The highest BCUT2D eigenvalue weighted by Gasteiger charge is 2.31. The summed E-state index contributed by atoms with van der Waals surface area (Å²) in [5, 5.41) is 0. The molecule has 6 heteroatoms. The maximum Gasteiger partial charge on any atom is 0.225 e. The number of nitrogens with zero attached hydrogens (tertiary/aromatic N) is 2. The smallest absolute Gasteiger partial charge is 0.225 e. The lowest BCUT2D eigenvalue weighted by Gasteiger charge is -2.37. The highest BCUT2D eigenvalue weighted by Crippen LogP contribution is 2.33. The van der Waals surface area contributed by atoms with Crippen LogP contribution in [0.25, 0.3) is 0 Å². The minimum Gasteiger partial charge on any atom is -0.341 e. The van der Waals surface area contributed by atoms with E-state index in [9.17, 15) is 9.59 Å². The summed E-state index contributed by atoms with van der Waals surface area (Å²) in [5.74, 6) is 0.0784. The number of hydrogen-bond donors (Lipinski definition) is 0. The average molecular weight is 421 g/mol. The molecule has 0 saturated heterocycles. The first-order chi connectivity index (χ1) is 12.0. The van der Waals surface area contributed by atoms with E-state index in [0.29, 0.717) is 19.5 Å². The normalized spacial score (nSPS) is 16.4. The summed E-state index contributed by atoms with van der Waals surface area (Å²) in [6.45, 7) is 2.84. The Morgan fingerprint density at radius 2 is 2.04 bits per heavy atom. The zero-order valence-electron chi connectivity index (χ0n) is 14.4. The Hall–Kier alpha value is -1.66. The van der Waals surface area contributed by atoms with Gasteiger partial charge in [0.2, 0.25) is 11.8 Å². The Labute approximate surface area is 160 Å². The van der Waals surface area contributed by atoms with Gasteiger partial charge in [0.1, 0.15) is 0 Å². The molecule has 3 rings (SSSR count). The summed E-state index contributed by atoms with van der Waals surface area (Å²) >= 11 is 5.08. The van der Waals surface area contributed by atoms with E-state index >= 15 is 0 Å². The van der Waals surface area contributed by atoms with Crippen LogP contribution in [0.4, 0.5) is 0 Å². The quantitative estimate of drug-likeness (QED) is 0.749. The van der Waals surface area contributed by atoms with Crippen molar-refractivity contribution in [2.45, 2.75) is 32.4 Å². The van der Waals surface area contributed by atoms with Gasteiger partial charge in [0.25, 0.3) is 0 Å². The second-order valence-corrected chi connectivity index (χ2v) is 8.88. The van der Waals surface area contributed by atoms with Gasteiger partial charge in [-0.1, -0.05) is 24.3 Å². The SMILES string of the molecule is CC(=O)N1CCc2ccccc2C1CC(=O)N(C)Cc1ccc(Br)s1. The van der Waals surface area contributed by atoms with Crippen LogP contribution in [0.5, 0.6) is 0 Å². The predicted molar refractivity (Wildman–Crippen MR) is 103 cm³/mol. The summed E-state index contributed by atoms with van der Waals surface area (Å²) < 4.78 is 1.06. The van der Waals surface area contributed by atoms with E-state index in [-0.39, 0.29) is 17.9 Å². The van der Waals surface area contributed by atoms with Gasteiger partial charge in [-0.15, -0.1) is 11.3 Å². The zero-order chi connectivity index (χ0) is 18.0. The van der Waals surface area contributed by atoms with E-state index in [0.717, 1.165) is 20.6 Å². The maximum absolute atomic E-state index is 12.8. The van der Waals surface area contributed by atoms with Gasteiger partial charge >= 0.3 is 0 Å². The molecular formula is C19H21BrN2O2S. The van der Waals surface area contributed by atoms with Gasteiger partial charge < -0.3 is 9.80 Å². The molecule has 1 aromatic carbocycles. The number of fused-ring (bicyclic) bond motifs is 1. The molecule has 1 aliphatic heterocycles. The van der Waals surface area contributed by atoms with Gasteiger partial charge in [-0.2, -0.15) is 0 Å². The van der Waals surface area contributed by atoms with Crippen molar-refractivity contribution < 1.29 is 9.59 Å². The molecule has 0 saturated carbocycles. The van der Waals surface area contributed by atoms with Crippen molar-refractivity contribution in [2.75, 3.05) is 13.6 Å². The van der Waals surface area contributed by atoms with Crippen LogP contribution in [0, 0.1) is 0 Å². The molecule has 0 spiro atoms. The topological polar surface area (TPSA) is 40.6 Å². The van der Waals surface area contributed by atoms with Crippen molar-refractivity contribution in [1.29, 1.82) is 0 Å². The van der Waals surface area contributed by atoms with Crippen LogP contribution in [-0.4, -0.2) is 35.2 Å². The summed E-state index contributed by atoms with van der Waals surface area (Å²) in [7, 11) is 1.82. The molecule has 2 amide bonds. The monoisotopic (exact) mass is 420 g/mol. The van der Waals surface area contributed by atoms with Gasteiger partial charge in [0.15, 0.2) is 0 Å². The molecular weight excluding hydrogens is 400 g/mol. The number of rotatable bonds is 4. The van der Waals surface area contributed by atoms with E-state index in [1.807, 2.05) is 42.3 Å². The second-order valence-electron chi connectivity index (χ2n) is 6.34. The molecule has 1 unspecified atom stereocenters. The molecule has 0 aliphatic carbocycles. The summed E-state index contributed by atoms with van der Waals surface area (Å²) in [6.07, 6.45) is 1.17. The zero-order valence-corrected chi connectivity index (χ0v) is 16.8. The number of halogens is 1. The van der Waals surface area contributed by atoms with Gasteiger partial charge in [-0.25, -0.2) is 0 Å². The van der Waals surface area contributed by atoms with Crippen molar-refractivity contribution >= 4 is 39.1 Å². The van der Waals surface area contributed by atoms with Crippen LogP contribution in [0.2, 0.25) is 0 Å². The Morgan fingerprint density at radius 3 is 2.72 bits per heavy atom. The highest BCUT2D eigenvalue weighted by molar-refractivity contribution is 9.11. The third kappa shape index (κ3) is 4.12. The van der Waals surface area contributed by atoms with Crippen molar-refractivity contribution in [2.24, 2.45) is 0 Å². The summed E-state index contributed by atoms with van der Waals surface area (Å²) in [6, 6.07) is 12.0. The van der Waals surface area contributed by atoms with Crippen LogP contribution < -0.4 is 0 Å². The van der Waals surface area contributed by atoms with Crippen LogP contribution in [0.3, 0.4) is 0 Å². The van der Waals surface area contributed by atoms with E-state index in [1.165, 1.54) is 5.56 Å². The van der Waals surface area contributed by atoms with Crippen LogP contribution in [0.15, 0.2) is 40.2 Å². The lowest BCUT2D eigenvalue weighted by Crippen LogP contribution is -2.41. The number of hydrogen-bond acceptors (Lipinski definition) is 3. The van der Waals surface area contributed by atoms with Gasteiger partial charge in [-0.3, -0.25) is 9.59 Å². The van der Waals surface area contributed by atoms with Crippen LogP contribution in [-0.2, 0) is 22.6 Å². The van der Waals surface area contributed by atoms with E-state index in [2.05, 4.69) is 22.0 Å². The van der Waals surface area contributed by atoms with E-state index in [1.54, 1.807) is 23.2 Å². The molecule has 1 aromatic heterocycles. The molecule has 25 heavy (non-hydrogen) atoms. The maximum atomic E-state index is 12.8. The number of carbonyl (C=O) groups is 2. The molecule has 0 bridgehead atoms. The molecule has 132 valence electrons. The Morgan fingerprint density at radius 1 is 1.28 bits per heavy atom. The largest absolute Gasteiger partial charge is 0.341 e. The molecule has 1 aliphatic rings. The lowest BCUT2D eigenvalue weighted by molar-refractivity contribution is -0.136. The summed E-state index contributed by atoms with van der Waals surface area (Å²) in [4.78, 5) is 29.6. The second kappa shape index (κ2) is 7.70. The number of amides is 2. The Balaban J connectivity index is 1.76. The fourth-order valence-corrected chi connectivity index (χ4v) is 4.87. The van der Waals surface area contributed by atoms with Crippen molar-refractivity contribution in [3.8, 4) is 0 Å². The molecule has 4 nitrogen and oxygen atoms in total. The Kier molecular flexibility index (Phi) is 5.59. The summed E-state index contributed by atoms with van der Waals surface area (Å²) in [5.41, 5.74) is 2.34. The molecule has 0 radical (unpaired) electrons. The number of thiophene rings is 1. The first kappa shape index (κ1) is 18.1. The third-order valence-electron chi connectivity index (χ3n) is 4.63. The lowest BCUT2D eigenvalue weighted by atomic mass is 9.90. The first-order valence-electron chi connectivity index (χ1n) is 8.29. The Bertz CT molecular complexity index is 789. The van der Waals surface area contributed by atoms with Gasteiger partial charge in [-0.05, 0) is 45.6 Å².